The lowest BCUT2D eigenvalue weighted by Crippen LogP contribution is -3.11. The van der Waals surface area contributed by atoms with Crippen molar-refractivity contribution in [2.75, 3.05) is 31.1 Å². The van der Waals surface area contributed by atoms with Crippen molar-refractivity contribution in [2.45, 2.75) is 20.8 Å². The summed E-state index contributed by atoms with van der Waals surface area (Å²) in [5.74, 6) is -2.28. The van der Waals surface area contributed by atoms with Crippen LogP contribution in [0.2, 0.25) is 0 Å². The standard InChI is InChI=1S/C18H24N4O3/c1-4-21(5-2)10-9-19-12-15-16(23)20-18(25)22(17(15)24)14-8-6-7-13(3)11-14/h6-8,11-12,15H,4-5,9-10H2,1-3H3,(H,20,23,25)/p+1. The topological polar surface area (TPSA) is 83.3 Å². The molecule has 2 rings (SSSR count). The van der Waals surface area contributed by atoms with Gasteiger partial charge in [0.25, 0.3) is 5.91 Å². The van der Waals surface area contributed by atoms with E-state index in [1.54, 1.807) is 18.2 Å². The lowest BCUT2D eigenvalue weighted by molar-refractivity contribution is -0.894. The molecule has 1 fully saturated rings. The molecule has 7 heteroatoms. The molecule has 1 aromatic rings. The van der Waals surface area contributed by atoms with E-state index < -0.39 is 23.8 Å². The van der Waals surface area contributed by atoms with Gasteiger partial charge in [-0.25, -0.2) is 9.69 Å². The van der Waals surface area contributed by atoms with E-state index in [0.717, 1.165) is 30.1 Å². The maximum Gasteiger partial charge on any atom is 0.335 e. The molecule has 1 atom stereocenters. The summed E-state index contributed by atoms with van der Waals surface area (Å²) in [6.45, 7) is 9.46. The van der Waals surface area contributed by atoms with Crippen LogP contribution < -0.4 is 15.1 Å². The minimum Gasteiger partial charge on any atom is -0.334 e. The number of benzene rings is 1. The lowest BCUT2D eigenvalue weighted by Gasteiger charge is -2.28. The summed E-state index contributed by atoms with van der Waals surface area (Å²) in [4.78, 5) is 43.4. The Morgan fingerprint density at radius 2 is 1.96 bits per heavy atom. The Kier molecular flexibility index (Phi) is 6.41. The summed E-state index contributed by atoms with van der Waals surface area (Å²) in [7, 11) is 0. The van der Waals surface area contributed by atoms with Crippen LogP contribution in [0.1, 0.15) is 19.4 Å². The van der Waals surface area contributed by atoms with Crippen LogP contribution in [0.4, 0.5) is 10.5 Å². The largest absolute Gasteiger partial charge is 0.335 e. The van der Waals surface area contributed by atoms with E-state index in [9.17, 15) is 14.4 Å². The van der Waals surface area contributed by atoms with Gasteiger partial charge in [0.1, 0.15) is 0 Å². The molecule has 1 aliphatic heterocycles. The highest BCUT2D eigenvalue weighted by Gasteiger charge is 2.40. The van der Waals surface area contributed by atoms with E-state index in [4.69, 9.17) is 0 Å². The molecule has 1 heterocycles. The zero-order valence-electron chi connectivity index (χ0n) is 14.9. The van der Waals surface area contributed by atoms with Gasteiger partial charge in [-0.1, -0.05) is 12.1 Å². The smallest absolute Gasteiger partial charge is 0.334 e. The van der Waals surface area contributed by atoms with Crippen LogP contribution in [-0.2, 0) is 9.59 Å². The van der Waals surface area contributed by atoms with Gasteiger partial charge < -0.3 is 4.90 Å². The van der Waals surface area contributed by atoms with Crippen LogP contribution in [0.15, 0.2) is 29.3 Å². The van der Waals surface area contributed by atoms with E-state index in [0.29, 0.717) is 12.2 Å². The maximum absolute atomic E-state index is 12.6. The number of nitrogens with zero attached hydrogens (tertiary/aromatic N) is 2. The van der Waals surface area contributed by atoms with Crippen LogP contribution in [0.5, 0.6) is 0 Å². The van der Waals surface area contributed by atoms with Crippen LogP contribution >= 0.6 is 0 Å². The number of barbiturate groups is 1. The number of likely N-dealkylation sites (N-methyl/N-ethyl adjacent to an activating group) is 1. The number of aryl methyl sites for hydroxylation is 1. The summed E-state index contributed by atoms with van der Waals surface area (Å²) in [6.07, 6.45) is 1.36. The second kappa shape index (κ2) is 8.53. The average Bonchev–Trinajstić information content (AvgIpc) is 2.57. The van der Waals surface area contributed by atoms with E-state index in [-0.39, 0.29) is 0 Å². The highest BCUT2D eigenvalue weighted by Crippen LogP contribution is 2.21. The van der Waals surface area contributed by atoms with Gasteiger partial charge in [-0.3, -0.25) is 19.9 Å². The lowest BCUT2D eigenvalue weighted by atomic mass is 10.1. The van der Waals surface area contributed by atoms with Gasteiger partial charge in [-0.2, -0.15) is 0 Å². The number of anilines is 1. The van der Waals surface area contributed by atoms with Crippen molar-refractivity contribution in [3.8, 4) is 0 Å². The van der Waals surface area contributed by atoms with Crippen molar-refractivity contribution in [3.05, 3.63) is 29.8 Å². The Morgan fingerprint density at radius 1 is 1.24 bits per heavy atom. The first-order chi connectivity index (χ1) is 12.0. The number of carbonyl (C=O) groups excluding carboxylic acids is 3. The van der Waals surface area contributed by atoms with Gasteiger partial charge in [0, 0.05) is 6.21 Å². The first-order valence-corrected chi connectivity index (χ1v) is 8.56. The van der Waals surface area contributed by atoms with Crippen LogP contribution in [0.25, 0.3) is 0 Å². The molecular weight excluding hydrogens is 320 g/mol. The third-order valence-corrected chi connectivity index (χ3v) is 4.31. The maximum atomic E-state index is 12.6. The molecule has 4 amide bonds. The molecule has 1 saturated heterocycles. The summed E-state index contributed by atoms with van der Waals surface area (Å²) in [5.41, 5.74) is 1.36. The number of carbonyl (C=O) groups is 3. The fourth-order valence-corrected chi connectivity index (χ4v) is 2.74. The number of quaternary nitrogens is 1. The number of rotatable bonds is 7. The fourth-order valence-electron chi connectivity index (χ4n) is 2.74. The number of hydrogen-bond donors (Lipinski definition) is 2. The highest BCUT2D eigenvalue weighted by molar-refractivity contribution is 6.32. The minimum absolute atomic E-state index is 0.445. The van der Waals surface area contributed by atoms with E-state index in [2.05, 4.69) is 24.2 Å². The Hall–Kier alpha value is -2.54. The molecule has 0 spiro atoms. The Bertz CT molecular complexity index is 683. The zero-order chi connectivity index (χ0) is 18.4. The highest BCUT2D eigenvalue weighted by atomic mass is 16.2. The van der Waals surface area contributed by atoms with Crippen molar-refractivity contribution in [2.24, 2.45) is 10.9 Å². The van der Waals surface area contributed by atoms with Gasteiger partial charge in [0.15, 0.2) is 5.92 Å². The molecular formula is C18H25N4O3+. The predicted octanol–water partition coefficient (Wildman–Crippen LogP) is 0.190. The molecule has 2 N–H and O–H groups in total. The average molecular weight is 345 g/mol. The molecule has 0 aromatic heterocycles. The molecule has 0 saturated carbocycles. The Balaban J connectivity index is 2.12. The molecule has 25 heavy (non-hydrogen) atoms. The second-order valence-electron chi connectivity index (χ2n) is 6.05. The normalized spacial score (nSPS) is 18.3. The van der Waals surface area contributed by atoms with Crippen molar-refractivity contribution < 1.29 is 19.3 Å². The summed E-state index contributed by atoms with van der Waals surface area (Å²) in [5, 5.41) is 2.23. The first-order valence-electron chi connectivity index (χ1n) is 8.56. The third kappa shape index (κ3) is 4.51. The van der Waals surface area contributed by atoms with E-state index in [1.807, 2.05) is 13.0 Å². The molecule has 1 aromatic carbocycles. The minimum atomic E-state index is -1.08. The quantitative estimate of drug-likeness (QED) is 0.547. The molecule has 1 unspecified atom stereocenters. The van der Waals surface area contributed by atoms with E-state index >= 15 is 0 Å². The van der Waals surface area contributed by atoms with Gasteiger partial charge in [0.2, 0.25) is 5.91 Å². The number of urea groups is 1. The molecule has 0 bridgehead atoms. The van der Waals surface area contributed by atoms with Crippen molar-refractivity contribution in [1.29, 1.82) is 0 Å². The number of hydrogen-bond acceptors (Lipinski definition) is 4. The number of nitrogens with one attached hydrogen (secondary N) is 2. The van der Waals surface area contributed by atoms with Crippen LogP contribution in [0.3, 0.4) is 0 Å². The number of amides is 4. The van der Waals surface area contributed by atoms with Gasteiger partial charge in [-0.05, 0) is 38.5 Å². The SMILES string of the molecule is CC[NH+](CC)CCN=CC1C(=O)NC(=O)N(c2cccc(C)c2)C1=O. The van der Waals surface area contributed by atoms with Gasteiger partial charge in [0.05, 0.1) is 31.9 Å². The Labute approximate surface area is 147 Å². The molecule has 7 nitrogen and oxygen atoms in total. The van der Waals surface area contributed by atoms with Crippen molar-refractivity contribution in [1.82, 2.24) is 5.32 Å². The van der Waals surface area contributed by atoms with Crippen LogP contribution in [0, 0.1) is 12.8 Å². The zero-order valence-corrected chi connectivity index (χ0v) is 14.9. The summed E-state index contributed by atoms with van der Waals surface area (Å²) in [6, 6.07) is 6.30. The molecule has 0 aliphatic carbocycles. The Morgan fingerprint density at radius 3 is 2.60 bits per heavy atom. The van der Waals surface area contributed by atoms with Gasteiger partial charge in [-0.15, -0.1) is 0 Å². The fraction of sp³-hybridized carbons (Fsp3) is 0.444. The number of aliphatic imine (C=N–C) groups is 1. The molecule has 1 aliphatic rings. The predicted molar refractivity (Wildman–Crippen MR) is 96.0 cm³/mol. The van der Waals surface area contributed by atoms with Gasteiger partial charge >= 0.3 is 6.03 Å². The third-order valence-electron chi connectivity index (χ3n) is 4.31. The second-order valence-corrected chi connectivity index (χ2v) is 6.05. The monoisotopic (exact) mass is 345 g/mol. The summed E-state index contributed by atoms with van der Waals surface area (Å²) >= 11 is 0. The first kappa shape index (κ1) is 18.8. The molecule has 134 valence electrons. The van der Waals surface area contributed by atoms with Crippen LogP contribution in [-0.4, -0.2) is 50.2 Å². The molecule has 0 radical (unpaired) electrons. The van der Waals surface area contributed by atoms with E-state index in [1.165, 1.54) is 11.1 Å². The number of imide groups is 2. The summed E-state index contributed by atoms with van der Waals surface area (Å²) < 4.78 is 0. The van der Waals surface area contributed by atoms with Crippen molar-refractivity contribution >= 4 is 29.7 Å². The van der Waals surface area contributed by atoms with Crippen molar-refractivity contribution in [3.63, 3.8) is 0 Å².